The minimum absolute atomic E-state index is 0.116. The Morgan fingerprint density at radius 3 is 2.50 bits per heavy atom. The highest BCUT2D eigenvalue weighted by Crippen LogP contribution is 2.52. The van der Waals surface area contributed by atoms with Crippen LogP contribution in [0.3, 0.4) is 0 Å². The van der Waals surface area contributed by atoms with E-state index in [-0.39, 0.29) is 23.2 Å². The standard InChI is InChI=1S/C22H38O3Si/c1-13(2)22(5,6)26(7,8)25-21-15(4)11-18-20-16(21)10-9-14(3)19(20)17(23)12-24-18/h9-10,13-16,18-21H,11-12H2,1-8H3/t14-,15+,16+,18+,19+,20-,21-/m0/s1. The van der Waals surface area contributed by atoms with Crippen LogP contribution in [-0.4, -0.2) is 32.9 Å². The molecule has 0 amide bonds. The van der Waals surface area contributed by atoms with E-state index in [1.165, 1.54) is 0 Å². The van der Waals surface area contributed by atoms with Crippen molar-refractivity contribution in [2.75, 3.05) is 6.61 Å². The molecule has 4 heteroatoms. The second-order valence-corrected chi connectivity index (χ2v) is 15.0. The van der Waals surface area contributed by atoms with Crippen LogP contribution in [0.4, 0.5) is 0 Å². The Bertz CT molecular complexity index is 580. The molecule has 0 aromatic rings. The summed E-state index contributed by atoms with van der Waals surface area (Å²) in [5, 5.41) is 0.202. The van der Waals surface area contributed by atoms with Gasteiger partial charge < -0.3 is 9.16 Å². The molecule has 7 atom stereocenters. The molecule has 0 N–H and O–H groups in total. The molecular weight excluding hydrogens is 340 g/mol. The third-order valence-electron chi connectivity index (χ3n) is 8.27. The van der Waals surface area contributed by atoms with Gasteiger partial charge in [-0.05, 0) is 42.3 Å². The fraction of sp³-hybridized carbons (Fsp3) is 0.864. The number of ether oxygens (including phenoxy) is 1. The van der Waals surface area contributed by atoms with Gasteiger partial charge in [-0.1, -0.05) is 53.7 Å². The van der Waals surface area contributed by atoms with Crippen LogP contribution < -0.4 is 0 Å². The van der Waals surface area contributed by atoms with E-state index in [0.29, 0.717) is 42.0 Å². The zero-order valence-corrected chi connectivity index (χ0v) is 18.9. The Morgan fingerprint density at radius 2 is 1.88 bits per heavy atom. The van der Waals surface area contributed by atoms with E-state index < -0.39 is 8.32 Å². The molecule has 1 aliphatic heterocycles. The van der Waals surface area contributed by atoms with Gasteiger partial charge in [0.25, 0.3) is 0 Å². The van der Waals surface area contributed by atoms with Crippen LogP contribution in [0.25, 0.3) is 0 Å². The first-order valence-electron chi connectivity index (χ1n) is 10.5. The van der Waals surface area contributed by atoms with Gasteiger partial charge in [-0.15, -0.1) is 0 Å². The molecule has 0 aromatic heterocycles. The Kier molecular flexibility index (Phi) is 5.35. The highest BCUT2D eigenvalue weighted by molar-refractivity contribution is 6.74. The van der Waals surface area contributed by atoms with Crippen LogP contribution in [0.15, 0.2) is 12.2 Å². The van der Waals surface area contributed by atoms with Gasteiger partial charge in [-0.2, -0.15) is 0 Å². The summed E-state index contributed by atoms with van der Waals surface area (Å²) in [6.07, 6.45) is 6.06. The first-order chi connectivity index (χ1) is 12.0. The zero-order chi connectivity index (χ0) is 19.4. The van der Waals surface area contributed by atoms with Crippen LogP contribution in [0.5, 0.6) is 0 Å². The lowest BCUT2D eigenvalue weighted by Crippen LogP contribution is -2.60. The van der Waals surface area contributed by atoms with E-state index in [0.717, 1.165) is 6.42 Å². The predicted octanol–water partition coefficient (Wildman–Crippen LogP) is 5.08. The molecule has 2 aliphatic carbocycles. The Balaban J connectivity index is 1.91. The van der Waals surface area contributed by atoms with Gasteiger partial charge in [0.2, 0.25) is 0 Å². The van der Waals surface area contributed by atoms with Crippen molar-refractivity contribution in [3.05, 3.63) is 12.2 Å². The van der Waals surface area contributed by atoms with Gasteiger partial charge in [0.05, 0.1) is 12.2 Å². The van der Waals surface area contributed by atoms with Crippen molar-refractivity contribution in [2.45, 2.75) is 78.3 Å². The van der Waals surface area contributed by atoms with E-state index in [1.54, 1.807) is 0 Å². The molecule has 0 spiro atoms. The zero-order valence-electron chi connectivity index (χ0n) is 17.9. The summed E-state index contributed by atoms with van der Waals surface area (Å²) < 4.78 is 13.0. The highest BCUT2D eigenvalue weighted by Gasteiger charge is 2.55. The molecule has 1 saturated carbocycles. The summed E-state index contributed by atoms with van der Waals surface area (Å²) in [5.74, 6) is 2.38. The minimum Gasteiger partial charge on any atom is -0.413 e. The number of hydrogen-bond acceptors (Lipinski definition) is 3. The lowest BCUT2D eigenvalue weighted by molar-refractivity contribution is -0.167. The van der Waals surface area contributed by atoms with Crippen LogP contribution in [0.2, 0.25) is 18.1 Å². The van der Waals surface area contributed by atoms with E-state index in [1.807, 2.05) is 0 Å². The quantitative estimate of drug-likeness (QED) is 0.506. The average Bonchev–Trinajstić information content (AvgIpc) is 2.54. The van der Waals surface area contributed by atoms with Crippen LogP contribution in [0, 0.1) is 35.5 Å². The first-order valence-corrected chi connectivity index (χ1v) is 13.4. The SMILES string of the molecule is CC(C)C(C)(C)[Si](C)(C)O[C@@H]1[C@@H]2C=C[C@H](C)[C@@H]3C(=O)CO[C@H](C[C@H]1C)[C@H]23. The first kappa shape index (κ1) is 20.3. The summed E-state index contributed by atoms with van der Waals surface area (Å²) in [4.78, 5) is 12.6. The lowest BCUT2D eigenvalue weighted by Gasteiger charge is -2.55. The van der Waals surface area contributed by atoms with Gasteiger partial charge in [0.1, 0.15) is 6.61 Å². The fourth-order valence-electron chi connectivity index (χ4n) is 5.34. The second-order valence-electron chi connectivity index (χ2n) is 10.4. The summed E-state index contributed by atoms with van der Waals surface area (Å²) in [7, 11) is -1.93. The monoisotopic (exact) mass is 378 g/mol. The number of carbonyl (C=O) groups excluding carboxylic acids is 1. The molecule has 0 radical (unpaired) electrons. The van der Waals surface area contributed by atoms with Crippen molar-refractivity contribution < 1.29 is 14.0 Å². The molecular formula is C22H38O3Si. The van der Waals surface area contributed by atoms with Crippen molar-refractivity contribution in [3.8, 4) is 0 Å². The number of rotatable bonds is 4. The maximum atomic E-state index is 12.6. The van der Waals surface area contributed by atoms with E-state index in [9.17, 15) is 4.79 Å². The number of hydrogen-bond donors (Lipinski definition) is 0. The number of allylic oxidation sites excluding steroid dienone is 1. The van der Waals surface area contributed by atoms with Gasteiger partial charge in [0, 0.05) is 17.8 Å². The third-order valence-corrected chi connectivity index (χ3v) is 12.8. The van der Waals surface area contributed by atoms with Crippen molar-refractivity contribution in [1.29, 1.82) is 0 Å². The van der Waals surface area contributed by atoms with Crippen molar-refractivity contribution in [3.63, 3.8) is 0 Å². The third kappa shape index (κ3) is 3.16. The molecule has 2 fully saturated rings. The smallest absolute Gasteiger partial charge is 0.192 e. The summed E-state index contributed by atoms with van der Waals surface area (Å²) in [6.45, 7) is 18.9. The van der Waals surface area contributed by atoms with E-state index >= 15 is 0 Å². The van der Waals surface area contributed by atoms with Crippen LogP contribution in [-0.2, 0) is 14.0 Å². The van der Waals surface area contributed by atoms with Gasteiger partial charge in [-0.25, -0.2) is 0 Å². The summed E-state index contributed by atoms with van der Waals surface area (Å²) >= 11 is 0. The largest absolute Gasteiger partial charge is 0.413 e. The van der Waals surface area contributed by atoms with Gasteiger partial charge in [-0.3, -0.25) is 4.79 Å². The van der Waals surface area contributed by atoms with Crippen LogP contribution in [0.1, 0.15) is 48.0 Å². The van der Waals surface area contributed by atoms with E-state index in [4.69, 9.17) is 9.16 Å². The molecule has 1 heterocycles. The van der Waals surface area contributed by atoms with Crippen LogP contribution >= 0.6 is 0 Å². The number of Topliss-reactive ketones (excluding diaryl/α,β-unsaturated/α-hetero) is 1. The Labute approximate surface area is 161 Å². The molecule has 0 aromatic carbocycles. The number of ketones is 1. The van der Waals surface area contributed by atoms with Crippen molar-refractivity contribution in [1.82, 2.24) is 0 Å². The summed E-state index contributed by atoms with van der Waals surface area (Å²) in [5.41, 5.74) is 0. The average molecular weight is 379 g/mol. The molecule has 3 rings (SSSR count). The predicted molar refractivity (Wildman–Crippen MR) is 109 cm³/mol. The maximum Gasteiger partial charge on any atom is 0.192 e. The molecule has 3 nitrogen and oxygen atoms in total. The maximum absolute atomic E-state index is 12.6. The lowest BCUT2D eigenvalue weighted by atomic mass is 9.59. The molecule has 0 bridgehead atoms. The second kappa shape index (κ2) is 6.86. The van der Waals surface area contributed by atoms with Gasteiger partial charge in [0.15, 0.2) is 14.1 Å². The van der Waals surface area contributed by atoms with Crippen molar-refractivity contribution in [2.24, 2.45) is 35.5 Å². The Hall–Kier alpha value is -0.453. The van der Waals surface area contributed by atoms with Gasteiger partial charge >= 0.3 is 0 Å². The van der Waals surface area contributed by atoms with Crippen molar-refractivity contribution >= 4 is 14.1 Å². The highest BCUT2D eigenvalue weighted by atomic mass is 28.4. The molecule has 148 valence electrons. The molecule has 1 saturated heterocycles. The minimum atomic E-state index is -1.93. The summed E-state index contributed by atoms with van der Waals surface area (Å²) in [6, 6.07) is 0. The molecule has 26 heavy (non-hydrogen) atoms. The normalized spacial score (nSPS) is 40.7. The van der Waals surface area contributed by atoms with E-state index in [2.05, 4.69) is 66.8 Å². The molecule has 0 unspecified atom stereocenters. The fourth-order valence-corrected chi connectivity index (χ4v) is 8.10. The topological polar surface area (TPSA) is 35.5 Å². The Morgan fingerprint density at radius 1 is 1.23 bits per heavy atom. The molecule has 3 aliphatic rings. The number of carbonyl (C=O) groups is 1.